The van der Waals surface area contributed by atoms with E-state index in [2.05, 4.69) is 5.32 Å². The Kier molecular flexibility index (Phi) is 6.02. The quantitative estimate of drug-likeness (QED) is 0.444. The summed E-state index contributed by atoms with van der Waals surface area (Å²) in [5.41, 5.74) is 0.423. The molecule has 1 amide bonds. The Morgan fingerprint density at radius 1 is 1.26 bits per heavy atom. The molecule has 142 valence electrons. The molecule has 1 aromatic heterocycles. The highest BCUT2D eigenvalue weighted by Crippen LogP contribution is 2.31. The predicted octanol–water partition coefficient (Wildman–Crippen LogP) is 2.73. The number of carbonyl (C=O) groups is 2. The van der Waals surface area contributed by atoms with Crippen LogP contribution in [0.2, 0.25) is 0 Å². The summed E-state index contributed by atoms with van der Waals surface area (Å²) in [6, 6.07) is 8.03. The lowest BCUT2D eigenvalue weighted by Crippen LogP contribution is -2.28. The van der Waals surface area contributed by atoms with Gasteiger partial charge in [-0.15, -0.1) is 11.3 Å². The van der Waals surface area contributed by atoms with Crippen LogP contribution >= 0.6 is 11.3 Å². The molecule has 0 atom stereocenters. The Balaban J connectivity index is 1.59. The molecule has 1 aliphatic heterocycles. The van der Waals surface area contributed by atoms with E-state index in [0.717, 1.165) is 30.8 Å². The number of nitro groups is 1. The first-order chi connectivity index (χ1) is 13.0. The van der Waals surface area contributed by atoms with Gasteiger partial charge in [-0.2, -0.15) is 0 Å². The normalized spacial score (nSPS) is 13.4. The van der Waals surface area contributed by atoms with Gasteiger partial charge in [0.25, 0.3) is 11.6 Å². The van der Waals surface area contributed by atoms with Crippen LogP contribution < -0.4 is 10.2 Å². The second-order valence-corrected chi connectivity index (χ2v) is 7.12. The van der Waals surface area contributed by atoms with Gasteiger partial charge in [0.15, 0.2) is 6.61 Å². The maximum atomic E-state index is 12.2. The molecule has 1 fully saturated rings. The fourth-order valence-corrected chi connectivity index (χ4v) is 3.53. The zero-order valence-corrected chi connectivity index (χ0v) is 15.4. The number of benzene rings is 1. The Labute approximate surface area is 159 Å². The Morgan fingerprint density at radius 2 is 2.04 bits per heavy atom. The lowest BCUT2D eigenvalue weighted by atomic mass is 10.1. The van der Waals surface area contributed by atoms with Gasteiger partial charge in [-0.3, -0.25) is 14.9 Å². The fourth-order valence-electron chi connectivity index (χ4n) is 2.89. The molecule has 1 saturated heterocycles. The molecule has 2 aromatic rings. The van der Waals surface area contributed by atoms with Gasteiger partial charge in [0.2, 0.25) is 0 Å². The summed E-state index contributed by atoms with van der Waals surface area (Å²) in [6.45, 7) is 1.44. The van der Waals surface area contributed by atoms with Crippen LogP contribution in [-0.2, 0) is 16.1 Å². The van der Waals surface area contributed by atoms with Crippen LogP contribution in [0.5, 0.6) is 0 Å². The van der Waals surface area contributed by atoms with Crippen molar-refractivity contribution in [1.29, 1.82) is 0 Å². The smallest absolute Gasteiger partial charge is 0.338 e. The van der Waals surface area contributed by atoms with E-state index in [0.29, 0.717) is 12.2 Å². The molecule has 2 heterocycles. The van der Waals surface area contributed by atoms with Crippen LogP contribution in [0.1, 0.15) is 28.1 Å². The van der Waals surface area contributed by atoms with Crippen LogP contribution in [-0.4, -0.2) is 36.5 Å². The molecule has 0 radical (unpaired) electrons. The zero-order valence-electron chi connectivity index (χ0n) is 14.6. The molecule has 27 heavy (non-hydrogen) atoms. The molecule has 3 rings (SSSR count). The van der Waals surface area contributed by atoms with Crippen molar-refractivity contribution in [2.45, 2.75) is 19.4 Å². The maximum Gasteiger partial charge on any atom is 0.338 e. The Bertz CT molecular complexity index is 832. The van der Waals surface area contributed by atoms with E-state index in [1.807, 2.05) is 22.4 Å². The number of anilines is 1. The second-order valence-electron chi connectivity index (χ2n) is 6.09. The number of nitrogens with one attached hydrogen (secondary N) is 1. The van der Waals surface area contributed by atoms with Gasteiger partial charge < -0.3 is 15.0 Å². The number of carbonyl (C=O) groups excluding carboxylic acids is 2. The third kappa shape index (κ3) is 4.82. The minimum atomic E-state index is -0.766. The lowest BCUT2D eigenvalue weighted by Gasteiger charge is -2.17. The number of thiophene rings is 1. The van der Waals surface area contributed by atoms with Gasteiger partial charge in [0, 0.05) is 24.0 Å². The van der Waals surface area contributed by atoms with Crippen molar-refractivity contribution in [3.8, 4) is 0 Å². The third-order valence-electron chi connectivity index (χ3n) is 4.23. The maximum absolute atomic E-state index is 12.2. The van der Waals surface area contributed by atoms with E-state index in [4.69, 9.17) is 4.74 Å². The molecule has 0 bridgehead atoms. The minimum absolute atomic E-state index is 0.0516. The number of hydrogen-bond donors (Lipinski definition) is 1. The van der Waals surface area contributed by atoms with Crippen molar-refractivity contribution in [3.05, 3.63) is 56.3 Å². The average molecular weight is 389 g/mol. The molecule has 1 N–H and O–H groups in total. The average Bonchev–Trinajstić information content (AvgIpc) is 3.37. The van der Waals surface area contributed by atoms with Crippen molar-refractivity contribution >= 4 is 34.6 Å². The highest BCUT2D eigenvalue weighted by Gasteiger charge is 2.24. The predicted molar refractivity (Wildman–Crippen MR) is 101 cm³/mol. The molecule has 0 aliphatic carbocycles. The third-order valence-corrected chi connectivity index (χ3v) is 5.11. The highest BCUT2D eigenvalue weighted by atomic mass is 32.1. The first-order valence-electron chi connectivity index (χ1n) is 8.54. The summed E-state index contributed by atoms with van der Waals surface area (Å²) in [5, 5.41) is 15.9. The SMILES string of the molecule is O=C(COC(=O)c1ccc(N2CCCC2)c([N+](=O)[O-])c1)NCc1cccs1. The second kappa shape index (κ2) is 8.63. The summed E-state index contributed by atoms with van der Waals surface area (Å²) in [5.74, 6) is -1.20. The first-order valence-corrected chi connectivity index (χ1v) is 9.42. The van der Waals surface area contributed by atoms with Crippen molar-refractivity contribution in [3.63, 3.8) is 0 Å². The molecule has 0 saturated carbocycles. The van der Waals surface area contributed by atoms with Gasteiger partial charge in [-0.25, -0.2) is 4.79 Å². The van der Waals surface area contributed by atoms with Gasteiger partial charge in [0.1, 0.15) is 5.69 Å². The number of ether oxygens (including phenoxy) is 1. The van der Waals surface area contributed by atoms with Crippen molar-refractivity contribution in [2.24, 2.45) is 0 Å². The van der Waals surface area contributed by atoms with Gasteiger partial charge in [-0.05, 0) is 36.4 Å². The summed E-state index contributed by atoms with van der Waals surface area (Å²) in [6.07, 6.45) is 1.98. The molecular formula is C18H19N3O5S. The standard InChI is InChI=1S/C18H19N3O5S/c22-17(19-11-14-4-3-9-27-14)12-26-18(23)13-5-6-15(16(10-13)21(24)25)20-7-1-2-8-20/h3-6,9-10H,1-2,7-8,11-12H2,(H,19,22). The number of rotatable bonds is 7. The molecular weight excluding hydrogens is 370 g/mol. The van der Waals surface area contributed by atoms with E-state index in [1.165, 1.54) is 23.5 Å². The van der Waals surface area contributed by atoms with Crippen molar-refractivity contribution in [1.82, 2.24) is 5.32 Å². The first kappa shape index (κ1) is 18.8. The Morgan fingerprint density at radius 3 is 2.70 bits per heavy atom. The minimum Gasteiger partial charge on any atom is -0.452 e. The molecule has 9 heteroatoms. The monoisotopic (exact) mass is 389 g/mol. The Hall–Kier alpha value is -2.94. The lowest BCUT2D eigenvalue weighted by molar-refractivity contribution is -0.384. The molecule has 8 nitrogen and oxygen atoms in total. The van der Waals surface area contributed by atoms with E-state index < -0.39 is 23.4 Å². The number of nitro benzene ring substituents is 1. The number of amides is 1. The number of hydrogen-bond acceptors (Lipinski definition) is 7. The molecule has 0 unspecified atom stereocenters. The largest absolute Gasteiger partial charge is 0.452 e. The van der Waals surface area contributed by atoms with Crippen LogP contribution in [0.25, 0.3) is 0 Å². The summed E-state index contributed by atoms with van der Waals surface area (Å²) >= 11 is 1.51. The van der Waals surface area contributed by atoms with E-state index in [1.54, 1.807) is 6.07 Å². The number of esters is 1. The number of nitrogens with zero attached hydrogens (tertiary/aromatic N) is 2. The molecule has 1 aromatic carbocycles. The summed E-state index contributed by atoms with van der Waals surface area (Å²) in [4.78, 5) is 37.7. The van der Waals surface area contributed by atoms with E-state index in [9.17, 15) is 19.7 Å². The van der Waals surface area contributed by atoms with Gasteiger partial charge >= 0.3 is 5.97 Å². The van der Waals surface area contributed by atoms with Gasteiger partial charge in [0.05, 0.1) is 17.0 Å². The van der Waals surface area contributed by atoms with Gasteiger partial charge in [-0.1, -0.05) is 6.07 Å². The molecule has 0 spiro atoms. The summed E-state index contributed by atoms with van der Waals surface area (Å²) in [7, 11) is 0. The zero-order chi connectivity index (χ0) is 19.2. The van der Waals surface area contributed by atoms with Crippen molar-refractivity contribution in [2.75, 3.05) is 24.6 Å². The van der Waals surface area contributed by atoms with Crippen LogP contribution in [0.15, 0.2) is 35.7 Å². The van der Waals surface area contributed by atoms with Crippen LogP contribution in [0.4, 0.5) is 11.4 Å². The molecule has 1 aliphatic rings. The fraction of sp³-hybridized carbons (Fsp3) is 0.333. The van der Waals surface area contributed by atoms with E-state index in [-0.39, 0.29) is 11.3 Å². The highest BCUT2D eigenvalue weighted by molar-refractivity contribution is 7.09. The summed E-state index contributed by atoms with van der Waals surface area (Å²) < 4.78 is 4.98. The topological polar surface area (TPSA) is 102 Å². The van der Waals surface area contributed by atoms with Crippen molar-refractivity contribution < 1.29 is 19.2 Å². The van der Waals surface area contributed by atoms with E-state index >= 15 is 0 Å². The van der Waals surface area contributed by atoms with Crippen LogP contribution in [0, 0.1) is 10.1 Å². The van der Waals surface area contributed by atoms with Crippen LogP contribution in [0.3, 0.4) is 0 Å².